The average molecular weight is 623 g/mol. The number of rotatable bonds is 10. The number of carbonyl (C=O) groups is 1. The smallest absolute Gasteiger partial charge is 0.241 e. The molecule has 44 heavy (non-hydrogen) atoms. The summed E-state index contributed by atoms with van der Waals surface area (Å²) in [5.41, 5.74) is 9.45. The minimum atomic E-state index is -3.57. The minimum Gasteiger partial charge on any atom is -0.495 e. The van der Waals surface area contributed by atoms with Crippen LogP contribution in [0.3, 0.4) is 0 Å². The molecule has 5 N–H and O–H groups in total. The number of amides is 1. The lowest BCUT2D eigenvalue weighted by Crippen LogP contribution is -2.48. The number of fused-ring (bicyclic) bond motifs is 1. The Morgan fingerprint density at radius 2 is 1.84 bits per heavy atom. The summed E-state index contributed by atoms with van der Waals surface area (Å²) < 4.78 is 33.3. The van der Waals surface area contributed by atoms with E-state index in [2.05, 4.69) is 25.7 Å². The molecule has 0 bridgehead atoms. The second kappa shape index (κ2) is 12.8. The van der Waals surface area contributed by atoms with Crippen molar-refractivity contribution in [1.82, 2.24) is 24.5 Å². The second-order valence-electron chi connectivity index (χ2n) is 11.1. The summed E-state index contributed by atoms with van der Waals surface area (Å²) in [5, 5.41) is 19.4. The molecule has 1 atom stereocenters. The van der Waals surface area contributed by atoms with Crippen LogP contribution in [0.4, 0.5) is 23.3 Å². The SMILES string of the molecule is COc1cc(C2CCN(C(=O)[C@H](N)CO)CC2)c(C)cc1Nc1nc(Nc2ccccc2S(=O)(=O)C(C)C)n2nccc2n1. The molecule has 4 aromatic rings. The molecule has 2 aromatic heterocycles. The van der Waals surface area contributed by atoms with E-state index >= 15 is 0 Å². The van der Waals surface area contributed by atoms with Gasteiger partial charge in [0.1, 0.15) is 11.8 Å². The van der Waals surface area contributed by atoms with Crippen molar-refractivity contribution in [2.24, 2.45) is 5.73 Å². The number of hydrogen-bond acceptors (Lipinski definition) is 11. The quantitative estimate of drug-likeness (QED) is 0.204. The molecule has 0 aliphatic carbocycles. The average Bonchev–Trinajstić information content (AvgIpc) is 3.50. The topological polar surface area (TPSA) is 177 Å². The Kier molecular flexibility index (Phi) is 9.04. The normalized spacial score (nSPS) is 15.0. The van der Waals surface area contributed by atoms with Crippen LogP contribution in [0.2, 0.25) is 0 Å². The van der Waals surface area contributed by atoms with E-state index in [0.717, 1.165) is 24.0 Å². The van der Waals surface area contributed by atoms with Crippen molar-refractivity contribution in [2.75, 3.05) is 37.4 Å². The van der Waals surface area contributed by atoms with Crippen LogP contribution in [0, 0.1) is 6.92 Å². The van der Waals surface area contributed by atoms with Gasteiger partial charge in [-0.05, 0) is 74.9 Å². The standard InChI is InChI=1S/C30H38N8O5S/c1-18(2)44(41,42)26-8-6-5-7-23(26)34-30-36-29(35-27-9-12-32-38(27)30)33-24-15-19(3)21(16-25(24)43-4)20-10-13-37(14-11-20)28(40)22(31)17-39/h5-9,12,15-16,18,20,22,39H,10-11,13-14,17,31H2,1-4H3,(H2,33,34,35,36)/t22-/m1/s1. The molecule has 0 spiro atoms. The Balaban J connectivity index is 1.41. The molecule has 13 nitrogen and oxygen atoms in total. The summed E-state index contributed by atoms with van der Waals surface area (Å²) >= 11 is 0. The molecule has 1 fully saturated rings. The number of nitrogens with zero attached hydrogens (tertiary/aromatic N) is 5. The van der Waals surface area contributed by atoms with Crippen LogP contribution in [-0.2, 0) is 14.6 Å². The first-order valence-corrected chi connectivity index (χ1v) is 16.0. The van der Waals surface area contributed by atoms with Crippen LogP contribution in [-0.4, -0.2) is 82.0 Å². The third-order valence-electron chi connectivity index (χ3n) is 7.91. The van der Waals surface area contributed by atoms with Crippen molar-refractivity contribution in [3.05, 3.63) is 59.8 Å². The van der Waals surface area contributed by atoms with Gasteiger partial charge >= 0.3 is 0 Å². The molecule has 1 amide bonds. The van der Waals surface area contributed by atoms with Crippen molar-refractivity contribution in [2.45, 2.75) is 55.7 Å². The van der Waals surface area contributed by atoms with E-state index in [1.165, 1.54) is 4.52 Å². The molecular formula is C30H38N8O5S. The van der Waals surface area contributed by atoms with Gasteiger partial charge < -0.3 is 31.1 Å². The van der Waals surface area contributed by atoms with E-state index in [1.54, 1.807) is 62.4 Å². The van der Waals surface area contributed by atoms with Crippen LogP contribution < -0.4 is 21.1 Å². The fourth-order valence-electron chi connectivity index (χ4n) is 5.41. The molecule has 5 rings (SSSR count). The maximum atomic E-state index is 13.0. The fraction of sp³-hybridized carbons (Fsp3) is 0.400. The number of aliphatic hydroxyl groups is 1. The van der Waals surface area contributed by atoms with E-state index < -0.39 is 21.1 Å². The van der Waals surface area contributed by atoms with E-state index in [9.17, 15) is 18.3 Å². The Bertz CT molecular complexity index is 1770. The molecule has 0 radical (unpaired) electrons. The van der Waals surface area contributed by atoms with Gasteiger partial charge in [-0.25, -0.2) is 8.42 Å². The second-order valence-corrected chi connectivity index (χ2v) is 13.6. The van der Waals surface area contributed by atoms with Crippen LogP contribution in [0.15, 0.2) is 53.6 Å². The Hall–Kier alpha value is -4.27. The van der Waals surface area contributed by atoms with Crippen LogP contribution in [0.1, 0.15) is 43.7 Å². The zero-order valence-corrected chi connectivity index (χ0v) is 26.0. The number of anilines is 4. The predicted molar refractivity (Wildman–Crippen MR) is 167 cm³/mol. The maximum absolute atomic E-state index is 13.0. The fourth-order valence-corrected chi connectivity index (χ4v) is 6.61. The molecule has 1 aliphatic rings. The predicted octanol–water partition coefficient (Wildman–Crippen LogP) is 3.14. The molecule has 14 heteroatoms. The largest absolute Gasteiger partial charge is 0.495 e. The van der Waals surface area contributed by atoms with Crippen LogP contribution in [0.5, 0.6) is 5.75 Å². The highest BCUT2D eigenvalue weighted by Crippen LogP contribution is 2.37. The number of carbonyl (C=O) groups excluding carboxylic acids is 1. The number of methoxy groups -OCH3 is 1. The number of piperidine rings is 1. The summed E-state index contributed by atoms with van der Waals surface area (Å²) in [5.74, 6) is 1.15. The van der Waals surface area contributed by atoms with Crippen LogP contribution >= 0.6 is 0 Å². The zero-order chi connectivity index (χ0) is 31.6. The molecule has 3 heterocycles. The van der Waals surface area contributed by atoms with Gasteiger partial charge in [0, 0.05) is 19.2 Å². The Morgan fingerprint density at radius 1 is 1.11 bits per heavy atom. The molecular weight excluding hydrogens is 584 g/mol. The van der Waals surface area contributed by atoms with E-state index in [-0.39, 0.29) is 35.2 Å². The lowest BCUT2D eigenvalue weighted by molar-refractivity contribution is -0.134. The number of ether oxygens (including phenoxy) is 1. The van der Waals surface area contributed by atoms with Gasteiger partial charge in [-0.1, -0.05) is 12.1 Å². The Morgan fingerprint density at radius 3 is 2.52 bits per heavy atom. The van der Waals surface area contributed by atoms with Crippen molar-refractivity contribution in [3.63, 3.8) is 0 Å². The number of likely N-dealkylation sites (tertiary alicyclic amines) is 1. The summed E-state index contributed by atoms with van der Waals surface area (Å²) in [6, 6.07) is 11.5. The maximum Gasteiger partial charge on any atom is 0.241 e. The molecule has 1 saturated heterocycles. The van der Waals surface area contributed by atoms with Crippen LogP contribution in [0.25, 0.3) is 5.65 Å². The minimum absolute atomic E-state index is 0.169. The van der Waals surface area contributed by atoms with Gasteiger partial charge in [0.25, 0.3) is 0 Å². The van der Waals surface area contributed by atoms with E-state index in [1.807, 2.05) is 19.1 Å². The molecule has 1 aliphatic heterocycles. The van der Waals surface area contributed by atoms with Gasteiger partial charge in [-0.3, -0.25) is 4.79 Å². The van der Waals surface area contributed by atoms with Crippen molar-refractivity contribution >= 4 is 44.7 Å². The number of nitrogens with one attached hydrogen (secondary N) is 2. The molecule has 0 saturated carbocycles. The Labute approximate surface area is 256 Å². The number of benzene rings is 2. The van der Waals surface area contributed by atoms with Gasteiger partial charge in [0.2, 0.25) is 17.8 Å². The number of nitrogens with two attached hydrogens (primary N) is 1. The van der Waals surface area contributed by atoms with Gasteiger partial charge in [0.15, 0.2) is 15.5 Å². The number of aliphatic hydroxyl groups excluding tert-OH is 1. The lowest BCUT2D eigenvalue weighted by Gasteiger charge is -2.34. The molecule has 234 valence electrons. The first-order chi connectivity index (χ1) is 21.0. The first-order valence-electron chi connectivity index (χ1n) is 14.5. The number of hydrogen-bond donors (Lipinski definition) is 4. The first kappa shape index (κ1) is 31.2. The summed E-state index contributed by atoms with van der Waals surface area (Å²) in [6.45, 7) is 6.07. The summed E-state index contributed by atoms with van der Waals surface area (Å²) in [4.78, 5) is 23.5. The number of para-hydroxylation sites is 1. The van der Waals surface area contributed by atoms with Gasteiger partial charge in [-0.15, -0.1) is 0 Å². The third kappa shape index (κ3) is 6.18. The van der Waals surface area contributed by atoms with E-state index in [4.69, 9.17) is 10.5 Å². The highest BCUT2D eigenvalue weighted by atomic mass is 32.2. The highest BCUT2D eigenvalue weighted by molar-refractivity contribution is 7.92. The number of aryl methyl sites for hydroxylation is 1. The molecule has 0 unspecified atom stereocenters. The zero-order valence-electron chi connectivity index (χ0n) is 25.2. The number of sulfone groups is 1. The highest BCUT2D eigenvalue weighted by Gasteiger charge is 2.28. The lowest BCUT2D eigenvalue weighted by atomic mass is 9.86. The van der Waals surface area contributed by atoms with Gasteiger partial charge in [-0.2, -0.15) is 19.6 Å². The van der Waals surface area contributed by atoms with Gasteiger partial charge in [0.05, 0.1) is 41.4 Å². The molecule has 2 aromatic carbocycles. The summed E-state index contributed by atoms with van der Waals surface area (Å²) in [6.07, 6.45) is 3.13. The van der Waals surface area contributed by atoms with Crippen molar-refractivity contribution < 1.29 is 23.1 Å². The van der Waals surface area contributed by atoms with Crippen molar-refractivity contribution in [1.29, 1.82) is 0 Å². The van der Waals surface area contributed by atoms with Crippen molar-refractivity contribution in [3.8, 4) is 5.75 Å². The third-order valence-corrected chi connectivity index (χ3v) is 10.1. The monoisotopic (exact) mass is 622 g/mol. The number of aromatic nitrogens is 4. The summed E-state index contributed by atoms with van der Waals surface area (Å²) in [7, 11) is -1.97. The van der Waals surface area contributed by atoms with E-state index in [0.29, 0.717) is 35.9 Å².